The van der Waals surface area contributed by atoms with E-state index in [9.17, 15) is 9.90 Å². The quantitative estimate of drug-likeness (QED) is 0.816. The van der Waals surface area contributed by atoms with Crippen molar-refractivity contribution in [3.05, 3.63) is 24.3 Å². The van der Waals surface area contributed by atoms with Crippen molar-refractivity contribution in [3.8, 4) is 0 Å². The number of aromatic nitrogens is 2. The monoisotopic (exact) mass is 291 g/mol. The molecule has 6 heteroatoms. The fourth-order valence-corrected chi connectivity index (χ4v) is 5.04. The van der Waals surface area contributed by atoms with Crippen LogP contribution in [0.2, 0.25) is 19.1 Å². The van der Waals surface area contributed by atoms with Crippen molar-refractivity contribution in [1.29, 1.82) is 0 Å². The van der Waals surface area contributed by atoms with Crippen molar-refractivity contribution in [3.63, 3.8) is 0 Å². The molecule has 20 heavy (non-hydrogen) atoms. The van der Waals surface area contributed by atoms with Gasteiger partial charge < -0.3 is 10.1 Å². The van der Waals surface area contributed by atoms with Gasteiger partial charge in [-0.3, -0.25) is 4.57 Å². The normalized spacial score (nSPS) is 11.8. The van der Waals surface area contributed by atoms with E-state index in [2.05, 4.69) is 30.0 Å². The lowest BCUT2D eigenvalue weighted by Gasteiger charge is -2.32. The van der Waals surface area contributed by atoms with Crippen molar-refractivity contribution in [2.75, 3.05) is 4.57 Å². The zero-order valence-corrected chi connectivity index (χ0v) is 13.2. The minimum atomic E-state index is -2.08. The average Bonchev–Trinajstić information content (AvgIpc) is 2.78. The van der Waals surface area contributed by atoms with Crippen LogP contribution in [0.3, 0.4) is 0 Å². The molecule has 0 saturated heterocycles. The number of nitrogens with zero attached hydrogens (tertiary/aromatic N) is 2. The van der Waals surface area contributed by atoms with Crippen LogP contribution in [0, 0.1) is 0 Å². The van der Waals surface area contributed by atoms with E-state index in [0.717, 1.165) is 29.9 Å². The lowest BCUT2D eigenvalue weighted by molar-refractivity contribution is 0.205. The molecule has 2 aromatic rings. The van der Waals surface area contributed by atoms with Gasteiger partial charge in [-0.2, -0.15) is 0 Å². The second-order valence-electron chi connectivity index (χ2n) is 5.61. The van der Waals surface area contributed by atoms with E-state index in [0.29, 0.717) is 5.95 Å². The van der Waals surface area contributed by atoms with E-state index < -0.39 is 14.3 Å². The Hall–Kier alpha value is -1.82. The van der Waals surface area contributed by atoms with Gasteiger partial charge in [0.05, 0.1) is 11.0 Å². The topological polar surface area (TPSA) is 69.2 Å². The first-order valence-corrected chi connectivity index (χ1v) is 10.1. The number of imidazole rings is 1. The van der Waals surface area contributed by atoms with Crippen LogP contribution in [-0.4, -0.2) is 29.4 Å². The molecule has 5 nitrogen and oxygen atoms in total. The molecule has 0 fully saturated rings. The Labute approximate surface area is 119 Å². The smallest absolute Gasteiger partial charge is 0.405 e. The Kier molecular flexibility index (Phi) is 4.13. The van der Waals surface area contributed by atoms with Crippen molar-refractivity contribution in [1.82, 2.24) is 9.97 Å². The van der Waals surface area contributed by atoms with Gasteiger partial charge in [0.15, 0.2) is 8.24 Å². The van der Waals surface area contributed by atoms with E-state index in [1.165, 1.54) is 4.57 Å². The molecule has 1 heterocycles. The zero-order chi connectivity index (χ0) is 14.8. The molecule has 0 unspecified atom stereocenters. The standard InChI is InChI=1S/C14H21N3O2Si/c1-4-5-10-20(2,3)17(14(18)19)13-15-11-8-6-7-9-12(11)16-13/h6-9H,4-5,10H2,1-3H3,(H,15,16)(H,18,19). The van der Waals surface area contributed by atoms with E-state index >= 15 is 0 Å². The third-order valence-electron chi connectivity index (χ3n) is 3.53. The molecule has 1 aromatic carbocycles. The Balaban J connectivity index is 2.39. The maximum absolute atomic E-state index is 11.7. The molecule has 1 aromatic heterocycles. The number of fused-ring (bicyclic) bond motifs is 1. The summed E-state index contributed by atoms with van der Waals surface area (Å²) in [6.07, 6.45) is 1.20. The highest BCUT2D eigenvalue weighted by Gasteiger charge is 2.36. The average molecular weight is 291 g/mol. The number of nitrogens with one attached hydrogen (secondary N) is 1. The number of anilines is 1. The predicted molar refractivity (Wildman–Crippen MR) is 83.8 cm³/mol. The lowest BCUT2D eigenvalue weighted by atomic mass is 10.3. The number of hydrogen-bond acceptors (Lipinski definition) is 2. The Morgan fingerprint density at radius 3 is 2.70 bits per heavy atom. The van der Waals surface area contributed by atoms with Gasteiger partial charge in [0.1, 0.15) is 0 Å². The molecular formula is C14H21N3O2Si. The number of para-hydroxylation sites is 2. The Morgan fingerprint density at radius 1 is 1.40 bits per heavy atom. The number of carbonyl (C=O) groups is 1. The van der Waals surface area contributed by atoms with Gasteiger partial charge in [-0.05, 0) is 18.2 Å². The van der Waals surface area contributed by atoms with E-state index in [1.807, 2.05) is 24.3 Å². The third-order valence-corrected chi connectivity index (χ3v) is 6.72. The van der Waals surface area contributed by atoms with Crippen molar-refractivity contribution in [2.24, 2.45) is 0 Å². The summed E-state index contributed by atoms with van der Waals surface area (Å²) in [5, 5.41) is 9.59. The highest BCUT2D eigenvalue weighted by Crippen LogP contribution is 2.26. The lowest BCUT2D eigenvalue weighted by Crippen LogP contribution is -2.52. The van der Waals surface area contributed by atoms with Crippen LogP contribution >= 0.6 is 0 Å². The Morgan fingerprint density at radius 2 is 2.10 bits per heavy atom. The second-order valence-corrected chi connectivity index (χ2v) is 10.2. The summed E-state index contributed by atoms with van der Waals surface area (Å²) in [5.74, 6) is 0.450. The van der Waals surface area contributed by atoms with Gasteiger partial charge in [0.2, 0.25) is 5.95 Å². The fraction of sp³-hybridized carbons (Fsp3) is 0.429. The first-order valence-electron chi connectivity index (χ1n) is 6.93. The van der Waals surface area contributed by atoms with Crippen molar-refractivity contribution < 1.29 is 9.90 Å². The van der Waals surface area contributed by atoms with Gasteiger partial charge in [0, 0.05) is 0 Å². The summed E-state index contributed by atoms with van der Waals surface area (Å²) in [5.41, 5.74) is 1.67. The number of unbranched alkanes of at least 4 members (excludes halogenated alkanes) is 1. The highest BCUT2D eigenvalue weighted by atomic mass is 28.3. The first-order chi connectivity index (χ1) is 9.45. The number of amides is 1. The third kappa shape index (κ3) is 2.85. The molecule has 2 rings (SSSR count). The number of rotatable bonds is 5. The zero-order valence-electron chi connectivity index (χ0n) is 12.2. The molecule has 1 amide bonds. The molecule has 0 spiro atoms. The maximum atomic E-state index is 11.7. The SMILES string of the molecule is CCCC[Si](C)(C)N(C(=O)O)c1nc2ccccc2[nH]1. The van der Waals surface area contributed by atoms with Gasteiger partial charge in [-0.25, -0.2) is 9.78 Å². The van der Waals surface area contributed by atoms with Crippen LogP contribution in [0.5, 0.6) is 0 Å². The minimum absolute atomic E-state index is 0.450. The largest absolute Gasteiger partial charge is 0.465 e. The molecule has 0 saturated carbocycles. The van der Waals surface area contributed by atoms with Gasteiger partial charge in [-0.1, -0.05) is 45.0 Å². The van der Waals surface area contributed by atoms with Crippen LogP contribution in [0.25, 0.3) is 11.0 Å². The van der Waals surface area contributed by atoms with Crippen LogP contribution in [0.15, 0.2) is 24.3 Å². The van der Waals surface area contributed by atoms with Gasteiger partial charge in [-0.15, -0.1) is 0 Å². The molecule has 0 atom stereocenters. The van der Waals surface area contributed by atoms with Crippen LogP contribution in [0.1, 0.15) is 19.8 Å². The van der Waals surface area contributed by atoms with Crippen molar-refractivity contribution >= 4 is 31.3 Å². The molecule has 2 N–H and O–H groups in total. The number of H-pyrrole nitrogens is 1. The highest BCUT2D eigenvalue weighted by molar-refractivity contribution is 6.83. The van der Waals surface area contributed by atoms with E-state index in [1.54, 1.807) is 0 Å². The molecule has 0 aliphatic carbocycles. The Bertz CT molecular complexity index is 576. The number of aromatic amines is 1. The number of hydrogen-bond donors (Lipinski definition) is 2. The molecule has 108 valence electrons. The maximum Gasteiger partial charge on any atom is 0.405 e. The summed E-state index contributed by atoms with van der Waals surface area (Å²) >= 11 is 0. The summed E-state index contributed by atoms with van der Waals surface area (Å²) in [6, 6.07) is 8.54. The molecular weight excluding hydrogens is 270 g/mol. The summed E-state index contributed by atoms with van der Waals surface area (Å²) in [6.45, 7) is 6.27. The van der Waals surface area contributed by atoms with E-state index in [-0.39, 0.29) is 0 Å². The molecule has 0 aliphatic heterocycles. The van der Waals surface area contributed by atoms with E-state index in [4.69, 9.17) is 0 Å². The van der Waals surface area contributed by atoms with Gasteiger partial charge >= 0.3 is 6.09 Å². The fourth-order valence-electron chi connectivity index (χ4n) is 2.40. The number of benzene rings is 1. The second kappa shape index (κ2) is 5.66. The summed E-state index contributed by atoms with van der Waals surface area (Å²) in [7, 11) is -2.08. The first kappa shape index (κ1) is 14.6. The van der Waals surface area contributed by atoms with Crippen LogP contribution in [0.4, 0.5) is 10.7 Å². The summed E-state index contributed by atoms with van der Waals surface area (Å²) < 4.78 is 1.47. The number of carboxylic acid groups (broad SMARTS) is 1. The van der Waals surface area contributed by atoms with Crippen molar-refractivity contribution in [2.45, 2.75) is 38.9 Å². The summed E-state index contributed by atoms with van der Waals surface area (Å²) in [4.78, 5) is 19.2. The molecule has 0 radical (unpaired) electrons. The predicted octanol–water partition coefficient (Wildman–Crippen LogP) is 4.05. The van der Waals surface area contributed by atoms with Gasteiger partial charge in [0.25, 0.3) is 0 Å². The van der Waals surface area contributed by atoms with Crippen LogP contribution < -0.4 is 4.57 Å². The van der Waals surface area contributed by atoms with Crippen LogP contribution in [-0.2, 0) is 0 Å². The molecule has 0 aliphatic rings. The minimum Gasteiger partial charge on any atom is -0.465 e. The molecule has 0 bridgehead atoms.